The molecule has 582 valence electrons. The minimum atomic E-state index is -2.11. The first-order chi connectivity index (χ1) is 47.4. The van der Waals surface area contributed by atoms with Crippen molar-refractivity contribution in [2.75, 3.05) is 105 Å². The van der Waals surface area contributed by atoms with Gasteiger partial charge in [-0.1, -0.05) is 0 Å². The number of nitrogens with one attached hydrogen (secondary N) is 2. The quantitative estimate of drug-likeness (QED) is 0.0210. The van der Waals surface area contributed by atoms with Gasteiger partial charge in [0.05, 0.1) is 85.7 Å². The Labute approximate surface area is 566 Å². The number of nitrogens with two attached hydrogens (primary N) is 1. The van der Waals surface area contributed by atoms with Gasteiger partial charge in [0.2, 0.25) is 17.7 Å². The number of primary amides is 1. The van der Waals surface area contributed by atoms with Crippen LogP contribution in [0.2, 0.25) is 0 Å². The van der Waals surface area contributed by atoms with Gasteiger partial charge in [0.25, 0.3) is 0 Å². The van der Waals surface area contributed by atoms with Crippen molar-refractivity contribution in [2.45, 2.75) is 215 Å². The summed E-state index contributed by atoms with van der Waals surface area (Å²) >= 11 is 0. The van der Waals surface area contributed by atoms with E-state index in [-0.39, 0.29) is 0 Å². The van der Waals surface area contributed by atoms with Crippen LogP contribution in [0.5, 0.6) is 0 Å². The monoisotopic (exact) mass is 1470 g/mol. The van der Waals surface area contributed by atoms with Crippen molar-refractivity contribution >= 4 is 17.7 Å². The van der Waals surface area contributed by atoms with E-state index in [9.17, 15) is 137 Å². The van der Waals surface area contributed by atoms with Gasteiger partial charge in [0.15, 0.2) is 44.0 Å². The molecule has 7 saturated heterocycles. The highest BCUT2D eigenvalue weighted by Crippen LogP contribution is 2.34. The Morgan fingerprint density at radius 3 is 0.960 bits per heavy atom. The number of aliphatic hydroxyl groups is 24. The molecule has 46 nitrogen and oxygen atoms in total. The first kappa shape index (κ1) is 84.1. The number of hydrazine groups is 1. The zero-order chi connectivity index (χ0) is 73.7. The molecule has 28 N–H and O–H groups in total. The Hall–Kier alpha value is -3.19. The maximum absolute atomic E-state index is 13.9. The molecule has 0 spiro atoms. The molecule has 3 amide bonds. The smallest absolute Gasteiger partial charge is 0.248 e. The van der Waals surface area contributed by atoms with Gasteiger partial charge in [-0.25, -0.2) is 5.01 Å². The molecule has 0 aromatic rings. The fourth-order valence-electron chi connectivity index (χ4n) is 11.6. The Bertz CT molecular complexity index is 2460. The lowest BCUT2D eigenvalue weighted by Gasteiger charge is -2.46. The van der Waals surface area contributed by atoms with Crippen LogP contribution in [0.25, 0.3) is 0 Å². The molecule has 0 bridgehead atoms. The van der Waals surface area contributed by atoms with Gasteiger partial charge in [-0.05, 0) is 0 Å². The van der Waals surface area contributed by atoms with Crippen molar-refractivity contribution in [3.8, 4) is 0 Å². The van der Waals surface area contributed by atoms with Gasteiger partial charge in [0.1, 0.15) is 171 Å². The fourth-order valence-corrected chi connectivity index (χ4v) is 11.6. The van der Waals surface area contributed by atoms with Gasteiger partial charge < -0.3 is 200 Å². The number of ether oxygens (including phenoxy) is 14. The molecule has 46 heteroatoms. The number of rotatable bonds is 34. The maximum Gasteiger partial charge on any atom is 0.248 e. The predicted molar refractivity (Wildman–Crippen MR) is 308 cm³/mol. The van der Waals surface area contributed by atoms with Crippen LogP contribution in [-0.4, -0.2) is 470 Å². The van der Waals surface area contributed by atoms with E-state index >= 15 is 0 Å². The van der Waals surface area contributed by atoms with E-state index in [1.165, 1.54) is 0 Å². The summed E-state index contributed by atoms with van der Waals surface area (Å²) in [6.45, 7) is -11.5. The molecule has 7 heterocycles. The molecule has 0 unspecified atom stereocenters. The van der Waals surface area contributed by atoms with Crippen LogP contribution < -0.4 is 16.5 Å². The van der Waals surface area contributed by atoms with E-state index in [0.29, 0.717) is 0 Å². The Kier molecular flexibility index (Phi) is 32.7. The summed E-state index contributed by atoms with van der Waals surface area (Å²) in [5, 5.41) is 255. The number of hydrogen-bond donors (Lipinski definition) is 27. The molecule has 7 aliphatic rings. The van der Waals surface area contributed by atoms with Crippen LogP contribution in [0.3, 0.4) is 0 Å². The van der Waals surface area contributed by atoms with Crippen LogP contribution in [0.15, 0.2) is 0 Å². The standard InChI is InChI=1S/C54H95N5O41/c55-24(65)7-58(8-25(66)56-1-4-87-51-44(85)46(99-53-42(83)37(78)30(71)20(13-63)95-53)32(73)22(97-51)15-90-49-40(81)35(76)28(69)18(11-61)93-49)9-26(67)57-59(2-5-88-48-39(80)34(75)27(68)17(10-60)92-48)3-6-89-52-45(86)47(100-54-43(84)38(79)31(72)21(14-64)96-54)33(74)23(98-52)16-91-50-41(82)36(77)29(70)19(12-62)94-50/h17-23,27-54,60-64,68-86H,1-16H2,(H2,55,65)(H,56,66)(H,57,67)/t17-,18-,19-,20-,21-,22-,23-,27-,28-,29-,30-,31-,32-,33-,34+,35+,36+,37+,38+,39+,40+,41+,42+,43+,44+,45+,46+,47+,48+,49+,50+,51+,52+,53-,54-/m1/s1. The molecule has 0 saturated carbocycles. The predicted octanol–water partition coefficient (Wildman–Crippen LogP) is -20.0. The molecule has 7 rings (SSSR count). The number of nitrogens with zero attached hydrogens (tertiary/aromatic N) is 2. The molecule has 0 radical (unpaired) electrons. The molecular weight excluding hydrogens is 1370 g/mol. The van der Waals surface area contributed by atoms with Crippen molar-refractivity contribution < 1.29 is 203 Å². The number of carbonyl (C=O) groups is 3. The van der Waals surface area contributed by atoms with E-state index in [2.05, 4.69) is 10.7 Å². The van der Waals surface area contributed by atoms with Crippen LogP contribution in [-0.2, 0) is 80.7 Å². The lowest BCUT2D eigenvalue weighted by atomic mass is 9.96. The highest BCUT2D eigenvalue weighted by atomic mass is 16.8. The molecule has 0 aromatic heterocycles. The van der Waals surface area contributed by atoms with Gasteiger partial charge in [-0.2, -0.15) is 0 Å². The van der Waals surface area contributed by atoms with Crippen molar-refractivity contribution in [3.63, 3.8) is 0 Å². The molecule has 7 fully saturated rings. The second-order valence-electron chi connectivity index (χ2n) is 24.5. The van der Waals surface area contributed by atoms with E-state index in [4.69, 9.17) is 72.0 Å². The van der Waals surface area contributed by atoms with Crippen LogP contribution in [0, 0.1) is 0 Å². The lowest BCUT2D eigenvalue weighted by Crippen LogP contribution is -2.65. The largest absolute Gasteiger partial charge is 0.394 e. The van der Waals surface area contributed by atoms with Gasteiger partial charge in [-0.3, -0.25) is 24.7 Å². The maximum atomic E-state index is 13.9. The summed E-state index contributed by atoms with van der Waals surface area (Å²) in [5.41, 5.74) is 7.95. The zero-order valence-electron chi connectivity index (χ0n) is 53.2. The number of hydrogen-bond acceptors (Lipinski definition) is 43. The highest BCUT2D eigenvalue weighted by molar-refractivity contribution is 5.83. The minimum absolute atomic E-state index is 0.434. The molecule has 35 atom stereocenters. The number of carbonyl (C=O) groups excluding carboxylic acids is 3. The average Bonchev–Trinajstić information content (AvgIpc) is 0.780. The van der Waals surface area contributed by atoms with Crippen LogP contribution in [0.1, 0.15) is 0 Å². The normalized spacial score (nSPS) is 44.3. The third kappa shape index (κ3) is 20.9. The van der Waals surface area contributed by atoms with E-state index < -0.39 is 338 Å². The first-order valence-electron chi connectivity index (χ1n) is 31.7. The SMILES string of the molecule is NC(=O)CN(CC(=O)NCCO[C@H]1O[C@H](CO[C@H]2O[C@H](CO)[C@@H](O)[C@H](O)[C@@H]2O)[C@@H](O)[C@H](O[C@H]2O[C@H](CO)[C@@H](O)[C@H](O)[C@@H]2O)[C@@H]1O)CC(=O)NN(CCO[C@H]1O[C@H](CO)[C@@H](O)[C@H](O)[C@@H]1O)CCO[C@H]1O[C@H](CO[C@H]2O[C@H](CO)[C@@H](O)[C@H](O)[C@@H]2O)[C@@H](O)[C@H](O[C@H]2O[C@H](CO)[C@@H](O)[C@H](O)[C@@H]2O)[C@@H]1O. The average molecular weight is 1470 g/mol. The molecule has 0 aromatic carbocycles. The summed E-state index contributed by atoms with van der Waals surface area (Å²) in [4.78, 5) is 40.7. The third-order valence-electron chi connectivity index (χ3n) is 17.3. The van der Waals surface area contributed by atoms with Crippen molar-refractivity contribution in [1.82, 2.24) is 20.7 Å². The third-order valence-corrected chi connectivity index (χ3v) is 17.3. The molecule has 0 aliphatic carbocycles. The first-order valence-corrected chi connectivity index (χ1v) is 31.7. The van der Waals surface area contributed by atoms with E-state index in [1.807, 2.05) is 0 Å². The van der Waals surface area contributed by atoms with Gasteiger partial charge in [-0.15, -0.1) is 0 Å². The van der Waals surface area contributed by atoms with Crippen LogP contribution >= 0.6 is 0 Å². The summed E-state index contributed by atoms with van der Waals surface area (Å²) in [6, 6.07) is 0. The highest BCUT2D eigenvalue weighted by Gasteiger charge is 2.55. The summed E-state index contributed by atoms with van der Waals surface area (Å²) in [7, 11) is 0. The fraction of sp³-hybridized carbons (Fsp3) is 0.944. The second-order valence-corrected chi connectivity index (χ2v) is 24.5. The molecule has 100 heavy (non-hydrogen) atoms. The van der Waals surface area contributed by atoms with Crippen molar-refractivity contribution in [2.24, 2.45) is 5.73 Å². The summed E-state index contributed by atoms with van der Waals surface area (Å²) in [6.07, 6.45) is -64.6. The zero-order valence-corrected chi connectivity index (χ0v) is 53.2. The Morgan fingerprint density at radius 2 is 0.620 bits per heavy atom. The topological polar surface area (TPSA) is 723 Å². The lowest BCUT2D eigenvalue weighted by molar-refractivity contribution is -0.366. The van der Waals surface area contributed by atoms with Gasteiger partial charge >= 0.3 is 0 Å². The molecule has 7 aliphatic heterocycles. The second kappa shape index (κ2) is 38.9. The van der Waals surface area contributed by atoms with Crippen LogP contribution in [0.4, 0.5) is 0 Å². The summed E-state index contributed by atoms with van der Waals surface area (Å²) in [5.74, 6) is -2.97. The Balaban J connectivity index is 1.01. The minimum Gasteiger partial charge on any atom is -0.394 e. The van der Waals surface area contributed by atoms with Gasteiger partial charge in [0, 0.05) is 19.6 Å². The van der Waals surface area contributed by atoms with E-state index in [1.54, 1.807) is 0 Å². The summed E-state index contributed by atoms with van der Waals surface area (Å²) < 4.78 is 78.2. The Morgan fingerprint density at radius 1 is 0.330 bits per heavy atom. The number of amides is 3. The van der Waals surface area contributed by atoms with Crippen molar-refractivity contribution in [3.05, 3.63) is 0 Å². The van der Waals surface area contributed by atoms with Crippen molar-refractivity contribution in [1.29, 1.82) is 0 Å². The molecular formula is C54H95N5O41. The van der Waals surface area contributed by atoms with E-state index in [0.717, 1.165) is 9.91 Å². The number of aliphatic hydroxyl groups excluding tert-OH is 24.